The van der Waals surface area contributed by atoms with Crippen LogP contribution >= 0.6 is 0 Å². The van der Waals surface area contributed by atoms with Gasteiger partial charge in [0, 0.05) is 12.6 Å². The highest BCUT2D eigenvalue weighted by molar-refractivity contribution is 5.72. The zero-order valence-electron chi connectivity index (χ0n) is 8.23. The summed E-state index contributed by atoms with van der Waals surface area (Å²) in [6.07, 6.45) is 1.51. The van der Waals surface area contributed by atoms with E-state index in [-0.39, 0.29) is 25.1 Å². The highest BCUT2D eigenvalue weighted by Crippen LogP contribution is 2.27. The van der Waals surface area contributed by atoms with Gasteiger partial charge in [-0.3, -0.25) is 4.79 Å². The second-order valence-corrected chi connectivity index (χ2v) is 4.16. The lowest BCUT2D eigenvalue weighted by atomic mass is 9.79. The van der Waals surface area contributed by atoms with Crippen molar-refractivity contribution in [2.45, 2.75) is 31.4 Å². The first kappa shape index (κ1) is 11.4. The molecular weight excluding hydrogens is 186 g/mol. The molecule has 0 heterocycles. The first-order valence-electron chi connectivity index (χ1n) is 4.76. The Labute approximate surface area is 82.7 Å². The number of aliphatic hydroxyl groups is 2. The molecule has 0 bridgehead atoms. The SMILES string of the molecule is CC(O)(CO)CNC1CCC1C(=O)O. The molecule has 1 aliphatic rings. The van der Waals surface area contributed by atoms with E-state index in [1.807, 2.05) is 0 Å². The molecule has 3 unspecified atom stereocenters. The summed E-state index contributed by atoms with van der Waals surface area (Å²) in [4.78, 5) is 10.6. The third-order valence-electron chi connectivity index (χ3n) is 2.68. The topological polar surface area (TPSA) is 89.8 Å². The lowest BCUT2D eigenvalue weighted by Gasteiger charge is -2.36. The van der Waals surface area contributed by atoms with E-state index in [0.29, 0.717) is 6.42 Å². The minimum absolute atomic E-state index is 0.0643. The van der Waals surface area contributed by atoms with E-state index in [2.05, 4.69) is 5.32 Å². The molecule has 0 amide bonds. The maximum Gasteiger partial charge on any atom is 0.308 e. The Balaban J connectivity index is 2.29. The molecule has 0 aliphatic heterocycles. The molecule has 1 aliphatic carbocycles. The average molecular weight is 203 g/mol. The minimum Gasteiger partial charge on any atom is -0.481 e. The summed E-state index contributed by atoms with van der Waals surface area (Å²) < 4.78 is 0. The highest BCUT2D eigenvalue weighted by atomic mass is 16.4. The summed E-state index contributed by atoms with van der Waals surface area (Å²) in [6.45, 7) is 1.40. The van der Waals surface area contributed by atoms with Crippen molar-refractivity contribution in [2.75, 3.05) is 13.2 Å². The van der Waals surface area contributed by atoms with Crippen molar-refractivity contribution in [3.05, 3.63) is 0 Å². The maximum absolute atomic E-state index is 10.6. The zero-order valence-corrected chi connectivity index (χ0v) is 8.23. The standard InChI is InChI=1S/C9H17NO4/c1-9(14,5-11)4-10-7-3-2-6(7)8(12)13/h6-7,10-11,14H,2-5H2,1H3,(H,12,13). The smallest absolute Gasteiger partial charge is 0.308 e. The third kappa shape index (κ3) is 2.67. The fourth-order valence-corrected chi connectivity index (χ4v) is 1.45. The van der Waals surface area contributed by atoms with Crippen LogP contribution in [0.4, 0.5) is 0 Å². The van der Waals surface area contributed by atoms with E-state index < -0.39 is 11.6 Å². The van der Waals surface area contributed by atoms with Gasteiger partial charge in [0.05, 0.1) is 18.1 Å². The molecule has 82 valence electrons. The van der Waals surface area contributed by atoms with Crippen molar-refractivity contribution in [3.63, 3.8) is 0 Å². The van der Waals surface area contributed by atoms with Gasteiger partial charge in [0.2, 0.25) is 0 Å². The van der Waals surface area contributed by atoms with Gasteiger partial charge in [-0.05, 0) is 19.8 Å². The zero-order chi connectivity index (χ0) is 10.8. The number of hydrogen-bond acceptors (Lipinski definition) is 4. The van der Waals surface area contributed by atoms with Crippen molar-refractivity contribution in [1.29, 1.82) is 0 Å². The quantitative estimate of drug-likeness (QED) is 0.469. The van der Waals surface area contributed by atoms with E-state index >= 15 is 0 Å². The van der Waals surface area contributed by atoms with Gasteiger partial charge in [-0.2, -0.15) is 0 Å². The first-order chi connectivity index (χ1) is 6.46. The molecule has 0 spiro atoms. The molecular formula is C9H17NO4. The van der Waals surface area contributed by atoms with Crippen LogP contribution in [0.1, 0.15) is 19.8 Å². The van der Waals surface area contributed by atoms with E-state index in [4.69, 9.17) is 10.2 Å². The van der Waals surface area contributed by atoms with E-state index in [9.17, 15) is 9.90 Å². The normalized spacial score (nSPS) is 30.5. The van der Waals surface area contributed by atoms with E-state index in [1.54, 1.807) is 0 Å². The first-order valence-corrected chi connectivity index (χ1v) is 4.76. The van der Waals surface area contributed by atoms with Gasteiger partial charge < -0.3 is 20.6 Å². The molecule has 0 radical (unpaired) electrons. The second kappa shape index (κ2) is 4.25. The van der Waals surface area contributed by atoms with Crippen molar-refractivity contribution in [2.24, 2.45) is 5.92 Å². The molecule has 5 heteroatoms. The summed E-state index contributed by atoms with van der Waals surface area (Å²) in [5.74, 6) is -1.14. The average Bonchev–Trinajstić information content (AvgIpc) is 2.01. The van der Waals surface area contributed by atoms with Gasteiger partial charge in [0.1, 0.15) is 0 Å². The fourth-order valence-electron chi connectivity index (χ4n) is 1.45. The number of carboxylic acid groups (broad SMARTS) is 1. The van der Waals surface area contributed by atoms with Gasteiger partial charge in [-0.1, -0.05) is 0 Å². The number of hydrogen-bond donors (Lipinski definition) is 4. The number of aliphatic carboxylic acids is 1. The Morgan fingerprint density at radius 1 is 1.57 bits per heavy atom. The number of aliphatic hydroxyl groups excluding tert-OH is 1. The maximum atomic E-state index is 10.6. The summed E-state index contributed by atoms with van der Waals surface area (Å²) in [5.41, 5.74) is -1.17. The van der Waals surface area contributed by atoms with Gasteiger partial charge in [-0.25, -0.2) is 0 Å². The van der Waals surface area contributed by atoms with Gasteiger partial charge in [0.15, 0.2) is 0 Å². The summed E-state index contributed by atoms with van der Waals surface area (Å²) in [5, 5.41) is 29.9. The Morgan fingerprint density at radius 3 is 2.57 bits per heavy atom. The molecule has 14 heavy (non-hydrogen) atoms. The number of nitrogens with one attached hydrogen (secondary N) is 1. The van der Waals surface area contributed by atoms with Gasteiger partial charge in [0.25, 0.3) is 0 Å². The second-order valence-electron chi connectivity index (χ2n) is 4.16. The van der Waals surface area contributed by atoms with Crippen LogP contribution in [0.15, 0.2) is 0 Å². The predicted octanol–water partition coefficient (Wildman–Crippen LogP) is -0.817. The van der Waals surface area contributed by atoms with Gasteiger partial charge in [-0.15, -0.1) is 0 Å². The van der Waals surface area contributed by atoms with Crippen LogP contribution in [0, 0.1) is 5.92 Å². The van der Waals surface area contributed by atoms with Crippen LogP contribution in [0.25, 0.3) is 0 Å². The van der Waals surface area contributed by atoms with Crippen LogP contribution in [0.2, 0.25) is 0 Å². The monoisotopic (exact) mass is 203 g/mol. The van der Waals surface area contributed by atoms with Crippen molar-refractivity contribution in [3.8, 4) is 0 Å². The van der Waals surface area contributed by atoms with Crippen LogP contribution in [0.5, 0.6) is 0 Å². The summed E-state index contributed by atoms with van der Waals surface area (Å²) in [6, 6.07) is -0.0643. The predicted molar refractivity (Wildman–Crippen MR) is 49.9 cm³/mol. The molecule has 4 N–H and O–H groups in total. The number of carboxylic acids is 1. The molecule has 0 saturated heterocycles. The van der Waals surface area contributed by atoms with Gasteiger partial charge >= 0.3 is 5.97 Å². The van der Waals surface area contributed by atoms with E-state index in [0.717, 1.165) is 6.42 Å². The van der Waals surface area contributed by atoms with Crippen molar-refractivity contribution in [1.82, 2.24) is 5.32 Å². The molecule has 5 nitrogen and oxygen atoms in total. The molecule has 1 fully saturated rings. The molecule has 0 aromatic rings. The number of carbonyl (C=O) groups is 1. The Hall–Kier alpha value is -0.650. The molecule has 3 atom stereocenters. The third-order valence-corrected chi connectivity index (χ3v) is 2.68. The van der Waals surface area contributed by atoms with Crippen LogP contribution in [-0.4, -0.2) is 46.1 Å². The molecule has 0 aromatic heterocycles. The summed E-state index contributed by atoms with van der Waals surface area (Å²) in [7, 11) is 0. The Morgan fingerprint density at radius 2 is 2.21 bits per heavy atom. The van der Waals surface area contributed by atoms with Crippen LogP contribution in [-0.2, 0) is 4.79 Å². The van der Waals surface area contributed by atoms with E-state index in [1.165, 1.54) is 6.92 Å². The minimum atomic E-state index is -1.17. The Bertz CT molecular complexity index is 217. The number of rotatable bonds is 5. The fraction of sp³-hybridized carbons (Fsp3) is 0.889. The lowest BCUT2D eigenvalue weighted by Crippen LogP contribution is -2.53. The summed E-state index contributed by atoms with van der Waals surface area (Å²) >= 11 is 0. The van der Waals surface area contributed by atoms with Crippen molar-refractivity contribution < 1.29 is 20.1 Å². The van der Waals surface area contributed by atoms with Crippen molar-refractivity contribution >= 4 is 5.97 Å². The Kier molecular flexibility index (Phi) is 3.47. The van der Waals surface area contributed by atoms with Crippen LogP contribution < -0.4 is 5.32 Å². The van der Waals surface area contributed by atoms with Crippen LogP contribution in [0.3, 0.4) is 0 Å². The molecule has 1 saturated carbocycles. The highest BCUT2D eigenvalue weighted by Gasteiger charge is 2.37. The largest absolute Gasteiger partial charge is 0.481 e. The molecule has 0 aromatic carbocycles. The lowest BCUT2D eigenvalue weighted by molar-refractivity contribution is -0.146. The molecule has 1 rings (SSSR count).